The lowest BCUT2D eigenvalue weighted by molar-refractivity contribution is 0.268. The average Bonchev–Trinajstić information content (AvgIpc) is 3.43. The minimum absolute atomic E-state index is 0.705. The van der Waals surface area contributed by atoms with Gasteiger partial charge >= 0.3 is 0 Å². The molecule has 0 bridgehead atoms. The first-order chi connectivity index (χ1) is 15.7. The van der Waals surface area contributed by atoms with Crippen LogP contribution in [0.5, 0.6) is 5.75 Å². The monoisotopic (exact) mass is 427 g/mol. The van der Waals surface area contributed by atoms with Crippen LogP contribution in [-0.4, -0.2) is 51.4 Å². The van der Waals surface area contributed by atoms with Crippen molar-refractivity contribution in [3.05, 3.63) is 60.6 Å². The van der Waals surface area contributed by atoms with E-state index in [2.05, 4.69) is 51.7 Å². The molecule has 4 aromatic rings. The Morgan fingerprint density at radius 2 is 2.03 bits per heavy atom. The number of aryl methyl sites for hydroxylation is 1. The maximum atomic E-state index is 6.01. The molecule has 3 aromatic heterocycles. The van der Waals surface area contributed by atoms with E-state index in [1.54, 1.807) is 0 Å². The zero-order chi connectivity index (χ0) is 21.9. The number of rotatable bonds is 8. The van der Waals surface area contributed by atoms with Crippen molar-refractivity contribution in [1.29, 1.82) is 0 Å². The first-order valence-electron chi connectivity index (χ1n) is 11.5. The Morgan fingerprint density at radius 1 is 1.09 bits per heavy atom. The Morgan fingerprint density at radius 3 is 2.88 bits per heavy atom. The highest BCUT2D eigenvalue weighted by Gasteiger charge is 2.25. The van der Waals surface area contributed by atoms with Crippen molar-refractivity contribution in [2.75, 3.05) is 26.7 Å². The van der Waals surface area contributed by atoms with E-state index >= 15 is 0 Å². The van der Waals surface area contributed by atoms with Gasteiger partial charge in [0.2, 0.25) is 0 Å². The number of ether oxygens (including phenoxy) is 1. The van der Waals surface area contributed by atoms with Crippen molar-refractivity contribution in [3.63, 3.8) is 0 Å². The third kappa shape index (κ3) is 3.98. The van der Waals surface area contributed by atoms with Crippen LogP contribution in [0.25, 0.3) is 33.4 Å². The summed E-state index contributed by atoms with van der Waals surface area (Å²) in [6.45, 7) is 5.93. The number of hydrogen-bond donors (Lipinski definition) is 0. The van der Waals surface area contributed by atoms with E-state index in [1.807, 2.05) is 36.7 Å². The predicted molar refractivity (Wildman–Crippen MR) is 128 cm³/mol. The van der Waals surface area contributed by atoms with E-state index in [-0.39, 0.29) is 0 Å². The topological polar surface area (TPSA) is 56.1 Å². The first kappa shape index (κ1) is 20.6. The minimum atomic E-state index is 0.705. The fourth-order valence-electron chi connectivity index (χ4n) is 4.42. The van der Waals surface area contributed by atoms with Crippen molar-refractivity contribution in [1.82, 2.24) is 24.6 Å². The molecule has 5 rings (SSSR count). The Kier molecular flexibility index (Phi) is 5.86. The lowest BCUT2D eigenvalue weighted by Crippen LogP contribution is -2.20. The third-order valence-electron chi connectivity index (χ3n) is 6.22. The van der Waals surface area contributed by atoms with Crippen LogP contribution in [0.2, 0.25) is 0 Å². The molecule has 0 aliphatic carbocycles. The fourth-order valence-corrected chi connectivity index (χ4v) is 4.42. The van der Waals surface area contributed by atoms with Gasteiger partial charge in [-0.3, -0.25) is 14.6 Å². The van der Waals surface area contributed by atoms with Crippen LogP contribution >= 0.6 is 0 Å². The maximum absolute atomic E-state index is 6.01. The van der Waals surface area contributed by atoms with Gasteiger partial charge in [0.1, 0.15) is 11.4 Å². The molecule has 6 heteroatoms. The van der Waals surface area contributed by atoms with Gasteiger partial charge in [-0.1, -0.05) is 13.0 Å². The van der Waals surface area contributed by atoms with Crippen LogP contribution in [-0.2, 0) is 13.0 Å². The second-order valence-electron chi connectivity index (χ2n) is 8.35. The smallest absolute Gasteiger partial charge is 0.121 e. The molecule has 0 fully saturated rings. The highest BCUT2D eigenvalue weighted by atomic mass is 16.5. The molecule has 0 amide bonds. The summed E-state index contributed by atoms with van der Waals surface area (Å²) in [5.74, 6) is 0.867. The molecule has 32 heavy (non-hydrogen) atoms. The SMILES string of the molecule is CCN(C)CCCOc1ccc2c(-c3c(-c4ccccn4)nn4c3CCC4)ccnc2c1. The molecule has 1 aromatic carbocycles. The molecular weight excluding hydrogens is 398 g/mol. The zero-order valence-corrected chi connectivity index (χ0v) is 18.8. The van der Waals surface area contributed by atoms with Crippen molar-refractivity contribution in [2.24, 2.45) is 0 Å². The van der Waals surface area contributed by atoms with Gasteiger partial charge in [0, 0.05) is 48.2 Å². The van der Waals surface area contributed by atoms with Gasteiger partial charge in [-0.2, -0.15) is 5.10 Å². The van der Waals surface area contributed by atoms with Gasteiger partial charge < -0.3 is 9.64 Å². The predicted octanol–water partition coefficient (Wildman–Crippen LogP) is 4.83. The summed E-state index contributed by atoms with van der Waals surface area (Å²) in [5.41, 5.74) is 6.44. The van der Waals surface area contributed by atoms with E-state index in [9.17, 15) is 0 Å². The largest absolute Gasteiger partial charge is 0.493 e. The Labute approximate surface area is 188 Å². The van der Waals surface area contributed by atoms with Gasteiger partial charge in [-0.25, -0.2) is 0 Å². The quantitative estimate of drug-likeness (QED) is 0.377. The summed E-state index contributed by atoms with van der Waals surface area (Å²) < 4.78 is 8.16. The highest BCUT2D eigenvalue weighted by Crippen LogP contribution is 2.40. The first-order valence-corrected chi connectivity index (χ1v) is 11.5. The number of pyridine rings is 2. The van der Waals surface area contributed by atoms with E-state index in [0.717, 1.165) is 72.5 Å². The summed E-state index contributed by atoms with van der Waals surface area (Å²) in [6, 6.07) is 14.3. The molecule has 0 N–H and O–H groups in total. The lowest BCUT2D eigenvalue weighted by atomic mass is 9.96. The number of hydrogen-bond acceptors (Lipinski definition) is 5. The number of nitrogens with zero attached hydrogens (tertiary/aromatic N) is 5. The van der Waals surface area contributed by atoms with Crippen molar-refractivity contribution in [3.8, 4) is 28.3 Å². The van der Waals surface area contributed by atoms with Gasteiger partial charge in [0.25, 0.3) is 0 Å². The Balaban J connectivity index is 1.49. The van der Waals surface area contributed by atoms with E-state index in [4.69, 9.17) is 9.84 Å². The van der Waals surface area contributed by atoms with E-state index in [0.29, 0.717) is 6.61 Å². The van der Waals surface area contributed by atoms with Crippen molar-refractivity contribution < 1.29 is 4.74 Å². The third-order valence-corrected chi connectivity index (χ3v) is 6.22. The summed E-state index contributed by atoms with van der Waals surface area (Å²) >= 11 is 0. The molecule has 164 valence electrons. The Bertz CT molecular complexity index is 1220. The standard InChI is InChI=1S/C26H29N5O/c1-3-30(2)15-7-17-32-19-10-11-20-21(12-14-28-23(20)18-19)25-24-9-6-16-31(24)29-26(25)22-8-4-5-13-27-22/h4-5,8,10-14,18H,3,6-7,9,15-17H2,1-2H3. The molecule has 0 saturated heterocycles. The summed E-state index contributed by atoms with van der Waals surface area (Å²) in [5, 5.41) is 6.05. The highest BCUT2D eigenvalue weighted by molar-refractivity contribution is 5.99. The van der Waals surface area contributed by atoms with Gasteiger partial charge in [-0.05, 0) is 68.8 Å². The summed E-state index contributed by atoms with van der Waals surface area (Å²) in [6.07, 6.45) is 6.89. The van der Waals surface area contributed by atoms with Gasteiger partial charge in [-0.15, -0.1) is 0 Å². The normalized spacial score (nSPS) is 13.1. The van der Waals surface area contributed by atoms with E-state index in [1.165, 1.54) is 11.3 Å². The number of aromatic nitrogens is 4. The Hall–Kier alpha value is -3.25. The second kappa shape index (κ2) is 9.09. The second-order valence-corrected chi connectivity index (χ2v) is 8.35. The number of benzene rings is 1. The van der Waals surface area contributed by atoms with Crippen molar-refractivity contribution >= 4 is 10.9 Å². The fraction of sp³-hybridized carbons (Fsp3) is 0.346. The average molecular weight is 428 g/mol. The maximum Gasteiger partial charge on any atom is 0.121 e. The molecule has 0 unspecified atom stereocenters. The van der Waals surface area contributed by atoms with Crippen LogP contribution in [0, 0.1) is 0 Å². The molecule has 1 aliphatic rings. The van der Waals surface area contributed by atoms with Crippen LogP contribution in [0.3, 0.4) is 0 Å². The molecule has 0 spiro atoms. The molecule has 6 nitrogen and oxygen atoms in total. The molecule has 1 aliphatic heterocycles. The van der Waals surface area contributed by atoms with Gasteiger partial charge in [0.15, 0.2) is 0 Å². The summed E-state index contributed by atoms with van der Waals surface area (Å²) in [4.78, 5) is 11.5. The van der Waals surface area contributed by atoms with Crippen LogP contribution in [0.4, 0.5) is 0 Å². The van der Waals surface area contributed by atoms with Crippen LogP contribution in [0.15, 0.2) is 54.9 Å². The zero-order valence-electron chi connectivity index (χ0n) is 18.8. The minimum Gasteiger partial charge on any atom is -0.493 e. The van der Waals surface area contributed by atoms with Gasteiger partial charge in [0.05, 0.1) is 17.8 Å². The van der Waals surface area contributed by atoms with Crippen molar-refractivity contribution in [2.45, 2.75) is 32.7 Å². The number of fused-ring (bicyclic) bond motifs is 2. The van der Waals surface area contributed by atoms with E-state index < -0.39 is 0 Å². The van der Waals surface area contributed by atoms with Crippen LogP contribution < -0.4 is 4.74 Å². The molecule has 0 saturated carbocycles. The molecular formula is C26H29N5O. The molecule has 0 atom stereocenters. The molecule has 4 heterocycles. The summed E-state index contributed by atoms with van der Waals surface area (Å²) in [7, 11) is 2.13. The van der Waals surface area contributed by atoms with Crippen LogP contribution in [0.1, 0.15) is 25.5 Å². The molecule has 0 radical (unpaired) electrons. The lowest BCUT2D eigenvalue weighted by Gasteiger charge is -2.14.